The summed E-state index contributed by atoms with van der Waals surface area (Å²) in [4.78, 5) is 0. The molecule has 1 rings (SSSR count). The topological polar surface area (TPSA) is 41.5 Å². The molecule has 0 spiro atoms. The van der Waals surface area contributed by atoms with Crippen LogP contribution in [0.5, 0.6) is 0 Å². The standard InChI is InChI=1S/C13H27NO2/c1-10-7-11(5-6-16-10)14-9-12(15)8-13(2,3)4/h10-12,14-15H,5-9H2,1-4H3. The van der Waals surface area contributed by atoms with E-state index in [0.29, 0.717) is 18.7 Å². The van der Waals surface area contributed by atoms with Crippen molar-refractivity contribution < 1.29 is 9.84 Å². The van der Waals surface area contributed by atoms with E-state index in [2.05, 4.69) is 33.0 Å². The summed E-state index contributed by atoms with van der Waals surface area (Å²) in [6, 6.07) is 0.512. The van der Waals surface area contributed by atoms with Crippen LogP contribution in [0.4, 0.5) is 0 Å². The molecule has 0 amide bonds. The maximum atomic E-state index is 9.89. The second-order valence-electron chi connectivity index (χ2n) is 6.23. The van der Waals surface area contributed by atoms with Crippen molar-refractivity contribution in [2.75, 3.05) is 13.2 Å². The molecule has 0 aromatic rings. The quantitative estimate of drug-likeness (QED) is 0.774. The zero-order valence-corrected chi connectivity index (χ0v) is 11.1. The van der Waals surface area contributed by atoms with E-state index in [-0.39, 0.29) is 11.5 Å². The van der Waals surface area contributed by atoms with Crippen molar-refractivity contribution in [3.8, 4) is 0 Å². The van der Waals surface area contributed by atoms with E-state index in [4.69, 9.17) is 4.74 Å². The Morgan fingerprint density at radius 3 is 2.69 bits per heavy atom. The summed E-state index contributed by atoms with van der Waals surface area (Å²) in [6.07, 6.45) is 3.08. The van der Waals surface area contributed by atoms with Gasteiger partial charge in [0.05, 0.1) is 12.2 Å². The monoisotopic (exact) mass is 229 g/mol. The molecule has 0 radical (unpaired) electrons. The Bertz CT molecular complexity index is 201. The summed E-state index contributed by atoms with van der Waals surface area (Å²) in [7, 11) is 0. The average Bonchev–Trinajstić information content (AvgIpc) is 2.12. The third-order valence-electron chi connectivity index (χ3n) is 2.98. The average molecular weight is 229 g/mol. The Labute approximate surface area is 99.6 Å². The molecule has 1 aliphatic rings. The Morgan fingerprint density at radius 2 is 2.12 bits per heavy atom. The summed E-state index contributed by atoms with van der Waals surface area (Å²) in [6.45, 7) is 10.1. The molecule has 16 heavy (non-hydrogen) atoms. The highest BCUT2D eigenvalue weighted by Gasteiger charge is 2.21. The van der Waals surface area contributed by atoms with E-state index < -0.39 is 0 Å². The van der Waals surface area contributed by atoms with Gasteiger partial charge in [-0.3, -0.25) is 0 Å². The second kappa shape index (κ2) is 5.99. The highest BCUT2D eigenvalue weighted by molar-refractivity contribution is 4.77. The van der Waals surface area contributed by atoms with Crippen LogP contribution in [0.15, 0.2) is 0 Å². The maximum absolute atomic E-state index is 9.89. The van der Waals surface area contributed by atoms with Crippen molar-refractivity contribution in [2.45, 2.75) is 65.2 Å². The molecule has 1 aliphatic heterocycles. The smallest absolute Gasteiger partial charge is 0.0669 e. The third-order valence-corrected chi connectivity index (χ3v) is 2.98. The first kappa shape index (κ1) is 13.9. The van der Waals surface area contributed by atoms with E-state index >= 15 is 0 Å². The highest BCUT2D eigenvalue weighted by atomic mass is 16.5. The van der Waals surface area contributed by atoms with Gasteiger partial charge in [-0.2, -0.15) is 0 Å². The van der Waals surface area contributed by atoms with E-state index in [9.17, 15) is 5.11 Å². The summed E-state index contributed by atoms with van der Waals surface area (Å²) in [5.74, 6) is 0. The summed E-state index contributed by atoms with van der Waals surface area (Å²) >= 11 is 0. The minimum absolute atomic E-state index is 0.198. The fourth-order valence-electron chi connectivity index (χ4n) is 2.27. The lowest BCUT2D eigenvalue weighted by Crippen LogP contribution is -2.42. The molecule has 3 nitrogen and oxygen atoms in total. The van der Waals surface area contributed by atoms with Gasteiger partial charge in [0.25, 0.3) is 0 Å². The van der Waals surface area contributed by atoms with Crippen molar-refractivity contribution in [1.82, 2.24) is 5.32 Å². The number of nitrogens with one attached hydrogen (secondary N) is 1. The Hall–Kier alpha value is -0.120. The zero-order chi connectivity index (χ0) is 12.2. The molecule has 1 fully saturated rings. The van der Waals surface area contributed by atoms with Crippen LogP contribution in [-0.4, -0.2) is 36.5 Å². The lowest BCUT2D eigenvalue weighted by molar-refractivity contribution is 0.00989. The molecular formula is C13H27NO2. The number of rotatable bonds is 4. The van der Waals surface area contributed by atoms with Crippen molar-refractivity contribution in [2.24, 2.45) is 5.41 Å². The fraction of sp³-hybridized carbons (Fsp3) is 1.00. The number of ether oxygens (including phenoxy) is 1. The number of hydrogen-bond acceptors (Lipinski definition) is 3. The van der Waals surface area contributed by atoms with E-state index in [1.807, 2.05) is 0 Å². The molecule has 0 aromatic carbocycles. The molecule has 0 saturated carbocycles. The fourth-order valence-corrected chi connectivity index (χ4v) is 2.27. The van der Waals surface area contributed by atoms with E-state index in [0.717, 1.165) is 25.9 Å². The minimum Gasteiger partial charge on any atom is -0.392 e. The van der Waals surface area contributed by atoms with Gasteiger partial charge in [-0.15, -0.1) is 0 Å². The summed E-state index contributed by atoms with van der Waals surface area (Å²) < 4.78 is 5.49. The van der Waals surface area contributed by atoms with Gasteiger partial charge in [0.2, 0.25) is 0 Å². The molecule has 3 atom stereocenters. The molecule has 0 bridgehead atoms. The largest absolute Gasteiger partial charge is 0.392 e. The van der Waals surface area contributed by atoms with Crippen LogP contribution in [0, 0.1) is 5.41 Å². The summed E-state index contributed by atoms with van der Waals surface area (Å²) in [5, 5.41) is 13.3. The Morgan fingerprint density at radius 1 is 1.44 bits per heavy atom. The molecule has 2 N–H and O–H groups in total. The van der Waals surface area contributed by atoms with Crippen molar-refractivity contribution in [3.05, 3.63) is 0 Å². The SMILES string of the molecule is CC1CC(NCC(O)CC(C)(C)C)CCO1. The Kier molecular flexibility index (Phi) is 5.22. The molecule has 0 aliphatic carbocycles. The first-order valence-electron chi connectivity index (χ1n) is 6.40. The maximum Gasteiger partial charge on any atom is 0.0669 e. The van der Waals surface area contributed by atoms with Crippen LogP contribution in [0.3, 0.4) is 0 Å². The molecule has 0 aromatic heterocycles. The molecule has 3 unspecified atom stereocenters. The van der Waals surface area contributed by atoms with Gasteiger partial charge in [0.1, 0.15) is 0 Å². The highest BCUT2D eigenvalue weighted by Crippen LogP contribution is 2.20. The van der Waals surface area contributed by atoms with Crippen molar-refractivity contribution in [3.63, 3.8) is 0 Å². The first-order valence-corrected chi connectivity index (χ1v) is 6.40. The van der Waals surface area contributed by atoms with Gasteiger partial charge in [-0.1, -0.05) is 20.8 Å². The van der Waals surface area contributed by atoms with Gasteiger partial charge in [-0.05, 0) is 31.6 Å². The van der Waals surface area contributed by atoms with Crippen molar-refractivity contribution in [1.29, 1.82) is 0 Å². The zero-order valence-electron chi connectivity index (χ0n) is 11.1. The van der Waals surface area contributed by atoms with Crippen LogP contribution in [0.2, 0.25) is 0 Å². The number of aliphatic hydroxyl groups excluding tert-OH is 1. The predicted octanol–water partition coefficient (Wildman–Crippen LogP) is 1.94. The third kappa shape index (κ3) is 5.83. The number of hydrogen-bond donors (Lipinski definition) is 2. The van der Waals surface area contributed by atoms with Crippen LogP contribution < -0.4 is 5.32 Å². The van der Waals surface area contributed by atoms with Crippen LogP contribution >= 0.6 is 0 Å². The van der Waals surface area contributed by atoms with Crippen molar-refractivity contribution >= 4 is 0 Å². The number of aliphatic hydroxyl groups is 1. The van der Waals surface area contributed by atoms with Gasteiger partial charge in [0.15, 0.2) is 0 Å². The first-order chi connectivity index (χ1) is 7.37. The predicted molar refractivity (Wildman–Crippen MR) is 66.5 cm³/mol. The van der Waals surface area contributed by atoms with Gasteiger partial charge in [0, 0.05) is 19.2 Å². The van der Waals surface area contributed by atoms with Crippen LogP contribution in [0.1, 0.15) is 47.0 Å². The van der Waals surface area contributed by atoms with Crippen LogP contribution in [0.25, 0.3) is 0 Å². The van der Waals surface area contributed by atoms with E-state index in [1.165, 1.54) is 0 Å². The molecule has 96 valence electrons. The summed E-state index contributed by atoms with van der Waals surface area (Å²) in [5.41, 5.74) is 0.198. The molecule has 3 heteroatoms. The van der Waals surface area contributed by atoms with Gasteiger partial charge < -0.3 is 15.2 Å². The Balaban J connectivity index is 2.18. The lowest BCUT2D eigenvalue weighted by Gasteiger charge is -2.30. The molecule has 1 heterocycles. The second-order valence-corrected chi connectivity index (χ2v) is 6.23. The van der Waals surface area contributed by atoms with Crippen LogP contribution in [-0.2, 0) is 4.74 Å². The normalized spacial score (nSPS) is 29.1. The molecule has 1 saturated heterocycles. The lowest BCUT2D eigenvalue weighted by atomic mass is 9.89. The van der Waals surface area contributed by atoms with Gasteiger partial charge in [-0.25, -0.2) is 0 Å². The minimum atomic E-state index is -0.238. The van der Waals surface area contributed by atoms with Gasteiger partial charge >= 0.3 is 0 Å². The molecular weight excluding hydrogens is 202 g/mol. The van der Waals surface area contributed by atoms with E-state index in [1.54, 1.807) is 0 Å².